The summed E-state index contributed by atoms with van der Waals surface area (Å²) in [5.41, 5.74) is 0.728. The van der Waals surface area contributed by atoms with Gasteiger partial charge >= 0.3 is 0 Å². The first kappa shape index (κ1) is 6.82. The number of hydrogen-bond acceptors (Lipinski definition) is 4. The zero-order valence-corrected chi connectivity index (χ0v) is 6.60. The summed E-state index contributed by atoms with van der Waals surface area (Å²) >= 11 is 11.1. The highest BCUT2D eigenvalue weighted by molar-refractivity contribution is 6.35. The fraction of sp³-hybridized carbons (Fsp3) is 0. The molecule has 0 atom stereocenters. The Morgan fingerprint density at radius 2 is 2.09 bits per heavy atom. The second-order valence-electron chi connectivity index (χ2n) is 1.79. The van der Waals surface area contributed by atoms with E-state index in [4.69, 9.17) is 27.6 Å². The van der Waals surface area contributed by atoms with Crippen molar-refractivity contribution in [3.05, 3.63) is 16.8 Å². The fourth-order valence-corrected chi connectivity index (χ4v) is 1.12. The molecule has 0 aliphatic carbocycles. The molecule has 11 heavy (non-hydrogen) atoms. The topological polar surface area (TPSA) is 51.8 Å². The average Bonchev–Trinajstić information content (AvgIpc) is 2.34. The molecule has 2 aromatic rings. The molecule has 0 aliphatic heterocycles. The lowest BCUT2D eigenvalue weighted by Gasteiger charge is -1.89. The van der Waals surface area contributed by atoms with Gasteiger partial charge in [0.2, 0.25) is 5.28 Å². The third kappa shape index (κ3) is 1.04. The molecule has 0 aromatic carbocycles. The largest absolute Gasteiger partial charge is 0.425 e. The van der Waals surface area contributed by atoms with E-state index in [0.717, 1.165) is 0 Å². The van der Waals surface area contributed by atoms with Crippen LogP contribution in [0.5, 0.6) is 0 Å². The smallest absolute Gasteiger partial charge is 0.252 e. The van der Waals surface area contributed by atoms with Gasteiger partial charge in [0.1, 0.15) is 0 Å². The second-order valence-corrected chi connectivity index (χ2v) is 2.49. The SMILES string of the molecule is Clc1nc(Cl)c2ncoc2n1. The molecule has 0 saturated heterocycles. The van der Waals surface area contributed by atoms with Crippen LogP contribution in [0.25, 0.3) is 11.2 Å². The molecule has 56 valence electrons. The minimum absolute atomic E-state index is 0.0549. The van der Waals surface area contributed by atoms with Crippen molar-refractivity contribution in [1.29, 1.82) is 0 Å². The minimum Gasteiger partial charge on any atom is -0.425 e. The van der Waals surface area contributed by atoms with Gasteiger partial charge in [-0.1, -0.05) is 11.6 Å². The van der Waals surface area contributed by atoms with Crippen LogP contribution in [0, 0.1) is 0 Å². The summed E-state index contributed by atoms with van der Waals surface area (Å²) < 4.78 is 4.85. The molecule has 0 saturated carbocycles. The predicted octanol–water partition coefficient (Wildman–Crippen LogP) is 1.92. The number of rotatable bonds is 0. The fourth-order valence-electron chi connectivity index (χ4n) is 0.704. The van der Waals surface area contributed by atoms with Crippen molar-refractivity contribution < 1.29 is 4.42 Å². The van der Waals surface area contributed by atoms with Gasteiger partial charge in [-0.2, -0.15) is 4.98 Å². The summed E-state index contributed by atoms with van der Waals surface area (Å²) in [5.74, 6) is 0. The van der Waals surface area contributed by atoms with E-state index >= 15 is 0 Å². The molecule has 6 heteroatoms. The van der Waals surface area contributed by atoms with Gasteiger partial charge in [0.15, 0.2) is 17.1 Å². The summed E-state index contributed by atoms with van der Waals surface area (Å²) in [6.07, 6.45) is 1.24. The lowest BCUT2D eigenvalue weighted by atomic mass is 10.6. The highest BCUT2D eigenvalue weighted by atomic mass is 35.5. The van der Waals surface area contributed by atoms with Crippen LogP contribution in [0.3, 0.4) is 0 Å². The van der Waals surface area contributed by atoms with Crippen LogP contribution in [-0.4, -0.2) is 15.0 Å². The molecular weight excluding hydrogens is 189 g/mol. The molecule has 0 fully saturated rings. The number of oxazole rings is 1. The quantitative estimate of drug-likeness (QED) is 0.470. The first-order valence-corrected chi connectivity index (χ1v) is 3.45. The minimum atomic E-state index is 0.0549. The van der Waals surface area contributed by atoms with Gasteiger partial charge in [0, 0.05) is 0 Å². The van der Waals surface area contributed by atoms with E-state index in [1.54, 1.807) is 0 Å². The normalized spacial score (nSPS) is 10.7. The highest BCUT2D eigenvalue weighted by Crippen LogP contribution is 2.19. The van der Waals surface area contributed by atoms with E-state index in [-0.39, 0.29) is 10.4 Å². The van der Waals surface area contributed by atoms with E-state index in [9.17, 15) is 0 Å². The van der Waals surface area contributed by atoms with Crippen molar-refractivity contribution >= 4 is 34.4 Å². The van der Waals surface area contributed by atoms with Crippen LogP contribution >= 0.6 is 23.2 Å². The molecule has 2 rings (SSSR count). The maximum atomic E-state index is 5.65. The van der Waals surface area contributed by atoms with Gasteiger partial charge in [0.25, 0.3) is 5.71 Å². The lowest BCUT2D eigenvalue weighted by molar-refractivity contribution is 0.590. The van der Waals surface area contributed by atoms with E-state index in [2.05, 4.69) is 15.0 Å². The number of aromatic nitrogens is 3. The van der Waals surface area contributed by atoms with Crippen molar-refractivity contribution in [1.82, 2.24) is 15.0 Å². The Morgan fingerprint density at radius 3 is 2.91 bits per heavy atom. The summed E-state index contributed by atoms with van der Waals surface area (Å²) in [5, 5.41) is 0.257. The summed E-state index contributed by atoms with van der Waals surface area (Å²) in [6.45, 7) is 0. The molecule has 0 radical (unpaired) electrons. The molecule has 4 nitrogen and oxygen atoms in total. The maximum absolute atomic E-state index is 5.65. The Balaban J connectivity index is 2.91. The Bertz CT molecular complexity index is 400. The van der Waals surface area contributed by atoms with Crippen molar-refractivity contribution in [3.63, 3.8) is 0 Å². The molecule has 0 unspecified atom stereocenters. The van der Waals surface area contributed by atoms with Gasteiger partial charge in [-0.3, -0.25) is 0 Å². The molecule has 0 spiro atoms. The summed E-state index contributed by atoms with van der Waals surface area (Å²) in [4.78, 5) is 11.2. The van der Waals surface area contributed by atoms with Gasteiger partial charge in [-0.25, -0.2) is 9.97 Å². The zero-order chi connectivity index (χ0) is 7.84. The van der Waals surface area contributed by atoms with Gasteiger partial charge < -0.3 is 4.42 Å². The number of fused-ring (bicyclic) bond motifs is 1. The van der Waals surface area contributed by atoms with Crippen molar-refractivity contribution in [2.75, 3.05) is 0 Å². The predicted molar refractivity (Wildman–Crippen MR) is 39.6 cm³/mol. The van der Waals surface area contributed by atoms with E-state index in [1.165, 1.54) is 6.39 Å². The van der Waals surface area contributed by atoms with Crippen molar-refractivity contribution in [2.24, 2.45) is 0 Å². The van der Waals surface area contributed by atoms with Crippen LogP contribution in [0.2, 0.25) is 10.4 Å². The highest BCUT2D eigenvalue weighted by Gasteiger charge is 2.07. The summed E-state index contributed by atoms with van der Waals surface area (Å²) in [6, 6.07) is 0. The molecule has 0 aliphatic rings. The van der Waals surface area contributed by atoms with Gasteiger partial charge in [-0.15, -0.1) is 0 Å². The second kappa shape index (κ2) is 2.32. The Labute approximate surface area is 71.2 Å². The van der Waals surface area contributed by atoms with Crippen LogP contribution in [0.1, 0.15) is 0 Å². The van der Waals surface area contributed by atoms with Crippen molar-refractivity contribution in [3.8, 4) is 0 Å². The third-order valence-electron chi connectivity index (χ3n) is 1.13. The van der Waals surface area contributed by atoms with E-state index in [1.807, 2.05) is 0 Å². The lowest BCUT2D eigenvalue weighted by Crippen LogP contribution is -1.83. The Morgan fingerprint density at radius 1 is 1.27 bits per heavy atom. The average molecular weight is 190 g/mol. The molecule has 0 amide bonds. The molecule has 0 bridgehead atoms. The zero-order valence-electron chi connectivity index (χ0n) is 5.08. The van der Waals surface area contributed by atoms with Gasteiger partial charge in [-0.05, 0) is 11.6 Å². The Hall–Kier alpha value is -0.870. The van der Waals surface area contributed by atoms with Crippen LogP contribution in [0.4, 0.5) is 0 Å². The monoisotopic (exact) mass is 189 g/mol. The van der Waals surface area contributed by atoms with E-state index in [0.29, 0.717) is 11.2 Å². The number of hydrogen-bond donors (Lipinski definition) is 0. The molecule has 2 aromatic heterocycles. The first-order chi connectivity index (χ1) is 5.27. The summed E-state index contributed by atoms with van der Waals surface area (Å²) in [7, 11) is 0. The van der Waals surface area contributed by atoms with Gasteiger partial charge in [0.05, 0.1) is 0 Å². The van der Waals surface area contributed by atoms with Crippen LogP contribution in [0.15, 0.2) is 10.8 Å². The van der Waals surface area contributed by atoms with Crippen molar-refractivity contribution in [2.45, 2.75) is 0 Å². The number of halogens is 2. The standard InChI is InChI=1S/C5HCl2N3O/c6-3-2-4(11-1-8-2)10-5(7)9-3/h1H. The maximum Gasteiger partial charge on any atom is 0.252 e. The van der Waals surface area contributed by atoms with Crippen LogP contribution < -0.4 is 0 Å². The molecular formula is C5HCl2N3O. The Kier molecular flexibility index (Phi) is 1.44. The first-order valence-electron chi connectivity index (χ1n) is 2.69. The molecule has 0 N–H and O–H groups in total. The number of nitrogens with zero attached hydrogens (tertiary/aromatic N) is 3. The van der Waals surface area contributed by atoms with E-state index < -0.39 is 0 Å². The third-order valence-corrected chi connectivity index (χ3v) is 1.56. The molecule has 2 heterocycles. The van der Waals surface area contributed by atoms with Crippen LogP contribution in [-0.2, 0) is 0 Å².